The van der Waals surface area contributed by atoms with E-state index in [2.05, 4.69) is 53.7 Å². The number of thiol groups is 1. The first kappa shape index (κ1) is 11.8. The van der Waals surface area contributed by atoms with Gasteiger partial charge in [-0.2, -0.15) is 12.6 Å². The van der Waals surface area contributed by atoms with Gasteiger partial charge in [0.1, 0.15) is 0 Å². The van der Waals surface area contributed by atoms with Crippen LogP contribution in [0.2, 0.25) is 0 Å². The van der Waals surface area contributed by atoms with E-state index in [0.717, 1.165) is 25.3 Å². The van der Waals surface area contributed by atoms with Gasteiger partial charge in [0.25, 0.3) is 0 Å². The van der Waals surface area contributed by atoms with Gasteiger partial charge in [-0.25, -0.2) is 0 Å². The lowest BCUT2D eigenvalue weighted by molar-refractivity contribution is 0.313. The molecule has 1 aliphatic heterocycles. The fourth-order valence-corrected chi connectivity index (χ4v) is 2.33. The van der Waals surface area contributed by atoms with Crippen LogP contribution in [0, 0.1) is 0 Å². The molecule has 0 unspecified atom stereocenters. The summed E-state index contributed by atoms with van der Waals surface area (Å²) in [5.74, 6) is 0.924. The Morgan fingerprint density at radius 3 is 2.25 bits per heavy atom. The molecule has 0 bridgehead atoms. The maximum absolute atomic E-state index is 4.25. The summed E-state index contributed by atoms with van der Waals surface area (Å²) in [7, 11) is 2.19. The van der Waals surface area contributed by atoms with Crippen LogP contribution >= 0.6 is 12.6 Å². The number of piperazine rings is 1. The highest BCUT2D eigenvalue weighted by molar-refractivity contribution is 7.80. The maximum atomic E-state index is 4.25. The summed E-state index contributed by atoms with van der Waals surface area (Å²) in [5.41, 5.74) is 2.74. The molecule has 0 atom stereocenters. The van der Waals surface area contributed by atoms with Gasteiger partial charge in [-0.05, 0) is 36.9 Å². The van der Waals surface area contributed by atoms with E-state index in [1.807, 2.05) is 0 Å². The molecule has 0 saturated carbocycles. The molecule has 0 amide bonds. The Balaban J connectivity index is 1.98. The van der Waals surface area contributed by atoms with Gasteiger partial charge in [-0.15, -0.1) is 0 Å². The Labute approximate surface area is 104 Å². The second-order valence-corrected chi connectivity index (χ2v) is 4.88. The third-order valence-corrected chi connectivity index (χ3v) is 3.43. The number of benzene rings is 1. The molecule has 88 valence electrons. The van der Waals surface area contributed by atoms with Gasteiger partial charge in [-0.1, -0.05) is 12.1 Å². The minimum absolute atomic E-state index is 0.924. The zero-order chi connectivity index (χ0) is 11.4. The first-order valence-corrected chi connectivity index (χ1v) is 6.56. The Hall–Kier alpha value is -0.670. The molecule has 1 aliphatic rings. The van der Waals surface area contributed by atoms with E-state index in [1.165, 1.54) is 24.3 Å². The molecule has 0 radical (unpaired) electrons. The molecular weight excluding hydrogens is 216 g/mol. The summed E-state index contributed by atoms with van der Waals surface area (Å²) in [4.78, 5) is 4.84. The van der Waals surface area contributed by atoms with E-state index >= 15 is 0 Å². The predicted molar refractivity (Wildman–Crippen MR) is 73.7 cm³/mol. The van der Waals surface area contributed by atoms with Crippen molar-refractivity contribution in [3.8, 4) is 0 Å². The van der Waals surface area contributed by atoms with Gasteiger partial charge in [0.05, 0.1) is 0 Å². The molecule has 2 rings (SSSR count). The van der Waals surface area contributed by atoms with E-state index in [-0.39, 0.29) is 0 Å². The van der Waals surface area contributed by atoms with Crippen molar-refractivity contribution in [1.29, 1.82) is 0 Å². The van der Waals surface area contributed by atoms with Crippen LogP contribution in [0.1, 0.15) is 5.56 Å². The molecule has 1 saturated heterocycles. The van der Waals surface area contributed by atoms with Crippen molar-refractivity contribution in [2.24, 2.45) is 0 Å². The third kappa shape index (κ3) is 2.92. The molecular formula is C13H20N2S. The second-order valence-electron chi connectivity index (χ2n) is 4.43. The van der Waals surface area contributed by atoms with Gasteiger partial charge in [0.2, 0.25) is 0 Å². The highest BCUT2D eigenvalue weighted by atomic mass is 32.1. The molecule has 3 heteroatoms. The third-order valence-electron chi connectivity index (χ3n) is 3.21. The van der Waals surface area contributed by atoms with E-state index in [9.17, 15) is 0 Å². The van der Waals surface area contributed by atoms with Crippen LogP contribution in [0.4, 0.5) is 5.69 Å². The molecule has 0 aromatic heterocycles. The Morgan fingerprint density at radius 2 is 1.69 bits per heavy atom. The quantitative estimate of drug-likeness (QED) is 0.801. The highest BCUT2D eigenvalue weighted by Gasteiger charge is 2.13. The van der Waals surface area contributed by atoms with Crippen molar-refractivity contribution < 1.29 is 0 Å². The Bertz CT molecular complexity index is 315. The summed E-state index contributed by atoms with van der Waals surface area (Å²) in [6.45, 7) is 4.61. The van der Waals surface area contributed by atoms with Gasteiger partial charge in [0.15, 0.2) is 0 Å². The lowest BCUT2D eigenvalue weighted by Gasteiger charge is -2.34. The van der Waals surface area contributed by atoms with E-state index in [4.69, 9.17) is 0 Å². The first-order valence-electron chi connectivity index (χ1n) is 5.93. The normalized spacial score (nSPS) is 17.8. The molecule has 1 aromatic rings. The lowest BCUT2D eigenvalue weighted by atomic mass is 10.1. The topological polar surface area (TPSA) is 6.48 Å². The van der Waals surface area contributed by atoms with Crippen molar-refractivity contribution in [3.05, 3.63) is 29.8 Å². The van der Waals surface area contributed by atoms with Crippen LogP contribution in [0.25, 0.3) is 0 Å². The number of hydrogen-bond acceptors (Lipinski definition) is 3. The van der Waals surface area contributed by atoms with Crippen molar-refractivity contribution in [1.82, 2.24) is 4.90 Å². The summed E-state index contributed by atoms with van der Waals surface area (Å²) in [6, 6.07) is 8.93. The number of hydrogen-bond donors (Lipinski definition) is 1. The zero-order valence-electron chi connectivity index (χ0n) is 9.89. The number of likely N-dealkylation sites (N-methyl/N-ethyl adjacent to an activating group) is 1. The van der Waals surface area contributed by atoms with Crippen molar-refractivity contribution in [2.75, 3.05) is 43.9 Å². The summed E-state index contributed by atoms with van der Waals surface area (Å²) in [5, 5.41) is 0. The molecule has 0 spiro atoms. The predicted octanol–water partition coefficient (Wildman–Crippen LogP) is 1.91. The average Bonchev–Trinajstić information content (AvgIpc) is 2.32. The first-order chi connectivity index (χ1) is 7.79. The van der Waals surface area contributed by atoms with Crippen molar-refractivity contribution >= 4 is 18.3 Å². The molecule has 0 aliphatic carbocycles. The minimum atomic E-state index is 0.924. The minimum Gasteiger partial charge on any atom is -0.369 e. The summed E-state index contributed by atoms with van der Waals surface area (Å²) >= 11 is 4.25. The Morgan fingerprint density at radius 1 is 1.06 bits per heavy atom. The van der Waals surface area contributed by atoms with Gasteiger partial charge in [0, 0.05) is 31.9 Å². The average molecular weight is 236 g/mol. The number of nitrogens with zero attached hydrogens (tertiary/aromatic N) is 2. The number of rotatable bonds is 3. The number of anilines is 1. The van der Waals surface area contributed by atoms with Crippen LogP contribution in [-0.2, 0) is 6.42 Å². The molecule has 16 heavy (non-hydrogen) atoms. The smallest absolute Gasteiger partial charge is 0.0367 e. The fraction of sp³-hybridized carbons (Fsp3) is 0.538. The van der Waals surface area contributed by atoms with E-state index < -0.39 is 0 Å². The van der Waals surface area contributed by atoms with E-state index in [0.29, 0.717) is 0 Å². The monoisotopic (exact) mass is 236 g/mol. The highest BCUT2D eigenvalue weighted by Crippen LogP contribution is 2.17. The Kier molecular flexibility index (Phi) is 4.13. The summed E-state index contributed by atoms with van der Waals surface area (Å²) < 4.78 is 0. The molecule has 1 aromatic carbocycles. The molecule has 1 heterocycles. The van der Waals surface area contributed by atoms with Crippen molar-refractivity contribution in [3.63, 3.8) is 0 Å². The lowest BCUT2D eigenvalue weighted by Crippen LogP contribution is -2.44. The largest absolute Gasteiger partial charge is 0.369 e. The second kappa shape index (κ2) is 5.60. The maximum Gasteiger partial charge on any atom is 0.0367 e. The van der Waals surface area contributed by atoms with Crippen LogP contribution in [0.15, 0.2) is 24.3 Å². The van der Waals surface area contributed by atoms with Crippen molar-refractivity contribution in [2.45, 2.75) is 6.42 Å². The van der Waals surface area contributed by atoms with E-state index in [1.54, 1.807) is 0 Å². The SMILES string of the molecule is CN1CCN(c2ccc(CCS)cc2)CC1. The molecule has 2 nitrogen and oxygen atoms in total. The molecule has 0 N–H and O–H groups in total. The van der Waals surface area contributed by atoms with Crippen LogP contribution in [-0.4, -0.2) is 43.9 Å². The summed E-state index contributed by atoms with van der Waals surface area (Å²) in [6.07, 6.45) is 1.06. The van der Waals surface area contributed by atoms with Gasteiger partial charge in [-0.3, -0.25) is 0 Å². The van der Waals surface area contributed by atoms with Gasteiger partial charge >= 0.3 is 0 Å². The van der Waals surface area contributed by atoms with Crippen LogP contribution < -0.4 is 4.90 Å². The van der Waals surface area contributed by atoms with Crippen LogP contribution in [0.5, 0.6) is 0 Å². The number of aryl methyl sites for hydroxylation is 1. The molecule has 1 fully saturated rings. The standard InChI is InChI=1S/C13H20N2S/c1-14-7-9-15(10-8-14)13-4-2-12(3-5-13)6-11-16/h2-5,16H,6-11H2,1H3. The van der Waals surface area contributed by atoms with Crippen LogP contribution in [0.3, 0.4) is 0 Å². The zero-order valence-corrected chi connectivity index (χ0v) is 10.8. The van der Waals surface area contributed by atoms with Gasteiger partial charge < -0.3 is 9.80 Å². The fourth-order valence-electron chi connectivity index (χ4n) is 2.07.